The van der Waals surface area contributed by atoms with E-state index in [9.17, 15) is 18.4 Å². The summed E-state index contributed by atoms with van der Waals surface area (Å²) in [5, 5.41) is 20.3. The van der Waals surface area contributed by atoms with E-state index in [-0.39, 0.29) is 31.8 Å². The molecule has 0 fully saturated rings. The van der Waals surface area contributed by atoms with Gasteiger partial charge in [0.2, 0.25) is 0 Å². The molecule has 158 valence electrons. The lowest BCUT2D eigenvalue weighted by atomic mass is 10.1. The van der Waals surface area contributed by atoms with Crippen LogP contribution in [-0.4, -0.2) is 4.98 Å². The summed E-state index contributed by atoms with van der Waals surface area (Å²) in [6.07, 6.45) is -4.65. The molecule has 0 bridgehead atoms. The van der Waals surface area contributed by atoms with E-state index in [1.165, 1.54) is 6.07 Å². The number of pyridine rings is 1. The number of aromatic nitrogens is 1. The summed E-state index contributed by atoms with van der Waals surface area (Å²) in [6, 6.07) is 13.2. The van der Waals surface area contributed by atoms with Crippen molar-refractivity contribution in [1.82, 2.24) is 4.98 Å². The van der Waals surface area contributed by atoms with Crippen molar-refractivity contribution in [3.05, 3.63) is 68.1 Å². The van der Waals surface area contributed by atoms with Gasteiger partial charge in [-0.1, -0.05) is 34.1 Å². The Morgan fingerprint density at radius 2 is 1.74 bits per heavy atom. The molecule has 0 atom stereocenters. The zero-order valence-corrected chi connectivity index (χ0v) is 19.0. The molecule has 2 aromatic carbocycles. The molecule has 6 nitrogen and oxygen atoms in total. The minimum Gasteiger partial charge on any atom is -0.383 e. The molecule has 3 rings (SSSR count). The number of anilines is 3. The predicted molar refractivity (Wildman–Crippen MR) is 119 cm³/mol. The summed E-state index contributed by atoms with van der Waals surface area (Å²) in [6.45, 7) is 1.57. The molecule has 3 N–H and O–H groups in total. The largest absolute Gasteiger partial charge is 0.418 e. The van der Waals surface area contributed by atoms with E-state index in [1.54, 1.807) is 31.2 Å². The molecule has 31 heavy (non-hydrogen) atoms. The Balaban J connectivity index is 2.18. The summed E-state index contributed by atoms with van der Waals surface area (Å²) in [5.74, 6) is 0.129. The van der Waals surface area contributed by atoms with Crippen LogP contribution >= 0.6 is 31.9 Å². The van der Waals surface area contributed by atoms with Crippen LogP contribution in [0.2, 0.25) is 0 Å². The second-order valence-corrected chi connectivity index (χ2v) is 8.05. The van der Waals surface area contributed by atoms with E-state index in [1.807, 2.05) is 12.1 Å². The van der Waals surface area contributed by atoms with Gasteiger partial charge in [-0.25, -0.2) is 4.98 Å². The number of benzene rings is 2. The summed E-state index contributed by atoms with van der Waals surface area (Å²) in [5.41, 5.74) is 5.64. The molecule has 0 saturated heterocycles. The highest BCUT2D eigenvalue weighted by atomic mass is 79.9. The molecule has 0 aliphatic heterocycles. The van der Waals surface area contributed by atoms with Gasteiger partial charge in [-0.3, -0.25) is 0 Å². The number of alkyl halides is 3. The number of nitrogens with two attached hydrogens (primary N) is 1. The molecule has 11 heteroatoms. The van der Waals surface area contributed by atoms with E-state index in [2.05, 4.69) is 52.4 Å². The highest BCUT2D eigenvalue weighted by Gasteiger charge is 2.35. The molecular formula is C20H13Br2F3N6. The second-order valence-electron chi connectivity index (χ2n) is 6.28. The minimum atomic E-state index is -4.65. The van der Waals surface area contributed by atoms with Crippen LogP contribution in [-0.2, 0) is 6.18 Å². The standard InChI is InChI=1S/C20H13Br2F3N6/c1-10-13(9-26)18(27)29-19(28-12-5-3-2-4-6-12)16(10)30-31-17-14(20(23,24)25)7-11(21)8-15(17)22/h2-8H,1H3,(H3,27,28,29). The smallest absolute Gasteiger partial charge is 0.383 e. The number of nitrogens with one attached hydrogen (secondary N) is 1. The highest BCUT2D eigenvalue weighted by molar-refractivity contribution is 9.11. The Morgan fingerprint density at radius 3 is 2.35 bits per heavy atom. The van der Waals surface area contributed by atoms with Gasteiger partial charge in [-0.15, -0.1) is 10.2 Å². The van der Waals surface area contributed by atoms with Crippen LogP contribution in [0, 0.1) is 18.3 Å². The SMILES string of the molecule is Cc1c(C#N)c(N)nc(Nc2ccccc2)c1N=Nc1c(Br)cc(Br)cc1C(F)(F)F. The normalized spacial score (nSPS) is 11.5. The number of rotatable bonds is 4. The van der Waals surface area contributed by atoms with E-state index >= 15 is 0 Å². The van der Waals surface area contributed by atoms with Crippen LogP contribution in [0.4, 0.5) is 41.9 Å². The molecule has 0 radical (unpaired) electrons. The zero-order valence-electron chi connectivity index (χ0n) is 15.8. The van der Waals surface area contributed by atoms with Crippen molar-refractivity contribution < 1.29 is 13.2 Å². The van der Waals surface area contributed by atoms with Gasteiger partial charge in [0.1, 0.15) is 23.3 Å². The molecule has 0 unspecified atom stereocenters. The number of halogens is 5. The van der Waals surface area contributed by atoms with Gasteiger partial charge >= 0.3 is 6.18 Å². The maximum absolute atomic E-state index is 13.5. The fraction of sp³-hybridized carbons (Fsp3) is 0.100. The topological polar surface area (TPSA) is 99.5 Å². The van der Waals surface area contributed by atoms with Crippen molar-refractivity contribution in [3.8, 4) is 6.07 Å². The first kappa shape index (κ1) is 22.7. The van der Waals surface area contributed by atoms with Crippen LogP contribution in [0.15, 0.2) is 61.6 Å². The van der Waals surface area contributed by atoms with Gasteiger partial charge in [0.15, 0.2) is 5.82 Å². The van der Waals surface area contributed by atoms with Crippen molar-refractivity contribution in [2.24, 2.45) is 10.2 Å². The molecule has 0 aliphatic rings. The number of nitrogens with zero attached hydrogens (tertiary/aromatic N) is 4. The van der Waals surface area contributed by atoms with E-state index < -0.39 is 17.4 Å². The minimum absolute atomic E-state index is 0.0295. The Morgan fingerprint density at radius 1 is 1.10 bits per heavy atom. The Hall–Kier alpha value is -2.97. The second kappa shape index (κ2) is 9.03. The quantitative estimate of drug-likeness (QED) is 0.326. The van der Waals surface area contributed by atoms with Crippen LogP contribution in [0.5, 0.6) is 0 Å². The number of azo groups is 1. The molecule has 0 amide bonds. The fourth-order valence-electron chi connectivity index (χ4n) is 2.71. The van der Waals surface area contributed by atoms with E-state index in [4.69, 9.17) is 5.73 Å². The Kier molecular flexibility index (Phi) is 6.62. The first-order valence-electron chi connectivity index (χ1n) is 8.62. The molecule has 0 saturated carbocycles. The van der Waals surface area contributed by atoms with Crippen molar-refractivity contribution in [2.45, 2.75) is 13.1 Å². The number of nitriles is 1. The van der Waals surface area contributed by atoms with Gasteiger partial charge in [-0.2, -0.15) is 18.4 Å². The van der Waals surface area contributed by atoms with Crippen molar-refractivity contribution >= 4 is 60.6 Å². The van der Waals surface area contributed by atoms with Crippen LogP contribution in [0.25, 0.3) is 0 Å². The Labute approximate surface area is 192 Å². The summed E-state index contributed by atoms with van der Waals surface area (Å²) < 4.78 is 40.9. The summed E-state index contributed by atoms with van der Waals surface area (Å²) in [4.78, 5) is 4.17. The van der Waals surface area contributed by atoms with Gasteiger partial charge < -0.3 is 11.1 Å². The third-order valence-electron chi connectivity index (χ3n) is 4.17. The lowest BCUT2D eigenvalue weighted by Gasteiger charge is -2.14. The maximum Gasteiger partial charge on any atom is 0.418 e. The lowest BCUT2D eigenvalue weighted by Crippen LogP contribution is -2.05. The van der Waals surface area contributed by atoms with Gasteiger partial charge in [-0.05, 0) is 47.1 Å². The summed E-state index contributed by atoms with van der Waals surface area (Å²) >= 11 is 6.16. The number of hydrogen-bond acceptors (Lipinski definition) is 6. The number of nitrogen functional groups attached to an aromatic ring is 1. The molecule has 0 spiro atoms. The highest BCUT2D eigenvalue weighted by Crippen LogP contribution is 2.44. The first-order valence-corrected chi connectivity index (χ1v) is 10.2. The van der Waals surface area contributed by atoms with Gasteiger partial charge in [0, 0.05) is 20.2 Å². The predicted octanol–water partition coefficient (Wildman–Crippen LogP) is 7.55. The van der Waals surface area contributed by atoms with E-state index in [0.29, 0.717) is 11.3 Å². The van der Waals surface area contributed by atoms with Crippen molar-refractivity contribution in [2.75, 3.05) is 11.1 Å². The molecule has 0 aliphatic carbocycles. The third kappa shape index (κ3) is 5.03. The molecular weight excluding hydrogens is 541 g/mol. The molecule has 1 aromatic heterocycles. The average molecular weight is 554 g/mol. The first-order chi connectivity index (χ1) is 14.6. The number of hydrogen-bond donors (Lipinski definition) is 2. The van der Waals surface area contributed by atoms with Crippen LogP contribution in [0.1, 0.15) is 16.7 Å². The van der Waals surface area contributed by atoms with Crippen LogP contribution < -0.4 is 11.1 Å². The van der Waals surface area contributed by atoms with Crippen molar-refractivity contribution in [3.63, 3.8) is 0 Å². The molecule has 1 heterocycles. The molecule has 3 aromatic rings. The third-order valence-corrected chi connectivity index (χ3v) is 5.24. The monoisotopic (exact) mass is 552 g/mol. The summed E-state index contributed by atoms with van der Waals surface area (Å²) in [7, 11) is 0. The fourth-order valence-corrected chi connectivity index (χ4v) is 4.01. The Bertz CT molecular complexity index is 1200. The van der Waals surface area contributed by atoms with Crippen molar-refractivity contribution in [1.29, 1.82) is 5.26 Å². The van der Waals surface area contributed by atoms with Crippen LogP contribution in [0.3, 0.4) is 0 Å². The maximum atomic E-state index is 13.5. The zero-order chi connectivity index (χ0) is 22.8. The number of para-hydroxylation sites is 1. The lowest BCUT2D eigenvalue weighted by molar-refractivity contribution is -0.137. The van der Waals surface area contributed by atoms with Gasteiger partial charge in [0.25, 0.3) is 0 Å². The van der Waals surface area contributed by atoms with Gasteiger partial charge in [0.05, 0.1) is 11.1 Å². The average Bonchev–Trinajstić information content (AvgIpc) is 2.69. The van der Waals surface area contributed by atoms with E-state index in [0.717, 1.165) is 6.07 Å².